The van der Waals surface area contributed by atoms with Gasteiger partial charge in [0.25, 0.3) is 0 Å². The van der Waals surface area contributed by atoms with E-state index in [1.807, 2.05) is 18.2 Å². The quantitative estimate of drug-likeness (QED) is 0.189. The summed E-state index contributed by atoms with van der Waals surface area (Å²) >= 11 is 3.50. The van der Waals surface area contributed by atoms with Gasteiger partial charge in [-0.05, 0) is 30.1 Å². The third-order valence-electron chi connectivity index (χ3n) is 2.66. The van der Waals surface area contributed by atoms with Gasteiger partial charge in [-0.2, -0.15) is 0 Å². The molecule has 0 spiro atoms. The Morgan fingerprint density at radius 2 is 1.89 bits per heavy atom. The predicted molar refractivity (Wildman–Crippen MR) is 85.6 cm³/mol. The molecule has 0 aliphatic rings. The molecule has 1 rings (SSSR count). The van der Waals surface area contributed by atoms with Crippen molar-refractivity contribution in [3.63, 3.8) is 0 Å². The molecule has 106 valence electrons. The highest BCUT2D eigenvalue weighted by Gasteiger charge is 2.13. The summed E-state index contributed by atoms with van der Waals surface area (Å²) in [5.41, 5.74) is 6.70. The number of nitrogens with two attached hydrogens (primary N) is 1. The van der Waals surface area contributed by atoms with E-state index in [1.54, 1.807) is 23.5 Å². The largest absolute Gasteiger partial charge is 0.409 e. The van der Waals surface area contributed by atoms with E-state index in [4.69, 9.17) is 10.9 Å². The summed E-state index contributed by atoms with van der Waals surface area (Å²) in [6, 6.07) is 6.11. The first-order chi connectivity index (χ1) is 9.24. The van der Waals surface area contributed by atoms with Crippen molar-refractivity contribution in [2.45, 2.75) is 42.9 Å². The van der Waals surface area contributed by atoms with Crippen molar-refractivity contribution in [3.8, 4) is 0 Å². The van der Waals surface area contributed by atoms with Gasteiger partial charge >= 0.3 is 0 Å². The van der Waals surface area contributed by atoms with Crippen molar-refractivity contribution in [1.29, 1.82) is 0 Å². The van der Waals surface area contributed by atoms with Gasteiger partial charge in [0.1, 0.15) is 0 Å². The van der Waals surface area contributed by atoms with Crippen LogP contribution in [-0.2, 0) is 0 Å². The van der Waals surface area contributed by atoms with Gasteiger partial charge in [0.15, 0.2) is 5.84 Å². The fourth-order valence-electron chi connectivity index (χ4n) is 1.74. The van der Waals surface area contributed by atoms with Crippen LogP contribution in [-0.4, -0.2) is 22.5 Å². The first kappa shape index (κ1) is 16.2. The summed E-state index contributed by atoms with van der Waals surface area (Å²) in [6.07, 6.45) is 3.66. The Bertz CT molecular complexity index is 422. The molecule has 0 aromatic heterocycles. The number of unbranched alkanes of at least 4 members (excludes halogenated alkanes) is 2. The molecular weight excluding hydrogens is 276 g/mol. The van der Waals surface area contributed by atoms with Crippen molar-refractivity contribution in [2.24, 2.45) is 10.9 Å². The van der Waals surface area contributed by atoms with E-state index < -0.39 is 0 Å². The summed E-state index contributed by atoms with van der Waals surface area (Å²) in [7, 11) is 0. The normalized spacial score (nSPS) is 11.8. The van der Waals surface area contributed by atoms with Gasteiger partial charge in [-0.15, -0.1) is 23.5 Å². The van der Waals surface area contributed by atoms with Gasteiger partial charge in [0.2, 0.25) is 0 Å². The lowest BCUT2D eigenvalue weighted by Crippen LogP contribution is -2.15. The molecule has 0 unspecified atom stereocenters. The third kappa shape index (κ3) is 4.99. The molecule has 3 N–H and O–H groups in total. The third-order valence-corrected chi connectivity index (χ3v) is 4.74. The van der Waals surface area contributed by atoms with Crippen LogP contribution in [0.15, 0.2) is 33.1 Å². The van der Waals surface area contributed by atoms with Gasteiger partial charge in [-0.3, -0.25) is 0 Å². The second kappa shape index (κ2) is 9.15. The maximum atomic E-state index is 8.96. The lowest BCUT2D eigenvalue weighted by atomic mass is 10.2. The van der Waals surface area contributed by atoms with Crippen LogP contribution in [0, 0.1) is 0 Å². The zero-order valence-electron chi connectivity index (χ0n) is 11.6. The summed E-state index contributed by atoms with van der Waals surface area (Å²) in [4.78, 5) is 2.18. The summed E-state index contributed by atoms with van der Waals surface area (Å²) in [5, 5.41) is 12.1. The molecule has 0 saturated carbocycles. The van der Waals surface area contributed by atoms with Gasteiger partial charge in [-0.25, -0.2) is 0 Å². The molecule has 0 atom stereocenters. The first-order valence-corrected chi connectivity index (χ1v) is 8.58. The lowest BCUT2D eigenvalue weighted by molar-refractivity contribution is 0.318. The van der Waals surface area contributed by atoms with Crippen LogP contribution in [0.3, 0.4) is 0 Å². The van der Waals surface area contributed by atoms with Crippen LogP contribution >= 0.6 is 23.5 Å². The van der Waals surface area contributed by atoms with E-state index >= 15 is 0 Å². The summed E-state index contributed by atoms with van der Waals surface area (Å²) in [6.45, 7) is 4.30. The highest BCUT2D eigenvalue weighted by Crippen LogP contribution is 2.31. The van der Waals surface area contributed by atoms with E-state index in [9.17, 15) is 0 Å². The Morgan fingerprint density at radius 3 is 2.47 bits per heavy atom. The van der Waals surface area contributed by atoms with E-state index in [1.165, 1.54) is 19.3 Å². The fourth-order valence-corrected chi connectivity index (χ4v) is 3.75. The topological polar surface area (TPSA) is 58.6 Å². The molecule has 0 bridgehead atoms. The minimum absolute atomic E-state index is 0.203. The number of thioether (sulfide) groups is 2. The van der Waals surface area contributed by atoms with Crippen LogP contribution in [0.25, 0.3) is 0 Å². The molecule has 1 aromatic rings. The van der Waals surface area contributed by atoms with Crippen molar-refractivity contribution in [3.05, 3.63) is 23.8 Å². The maximum absolute atomic E-state index is 8.96. The number of rotatable bonds is 8. The Kier molecular flexibility index (Phi) is 7.82. The summed E-state index contributed by atoms with van der Waals surface area (Å²) < 4.78 is 0. The van der Waals surface area contributed by atoms with Crippen LogP contribution in [0.4, 0.5) is 0 Å². The highest BCUT2D eigenvalue weighted by atomic mass is 32.2. The van der Waals surface area contributed by atoms with E-state index in [-0.39, 0.29) is 5.84 Å². The van der Waals surface area contributed by atoms with Gasteiger partial charge in [0, 0.05) is 15.4 Å². The molecular formula is C14H22N2OS2. The van der Waals surface area contributed by atoms with Gasteiger partial charge in [0.05, 0.1) is 0 Å². The Balaban J connectivity index is 2.92. The molecule has 5 heteroatoms. The van der Waals surface area contributed by atoms with E-state index in [0.717, 1.165) is 26.9 Å². The molecule has 0 fully saturated rings. The molecule has 1 aromatic carbocycles. The van der Waals surface area contributed by atoms with Crippen LogP contribution in [0.1, 0.15) is 38.7 Å². The molecule has 0 aliphatic carbocycles. The van der Waals surface area contributed by atoms with E-state index in [0.29, 0.717) is 0 Å². The number of nitrogens with zero attached hydrogens (tertiary/aromatic N) is 1. The highest BCUT2D eigenvalue weighted by molar-refractivity contribution is 8.00. The van der Waals surface area contributed by atoms with Crippen molar-refractivity contribution in [2.75, 3.05) is 11.5 Å². The molecule has 0 heterocycles. The molecule has 0 saturated heterocycles. The van der Waals surface area contributed by atoms with Crippen LogP contribution in [0.5, 0.6) is 0 Å². The van der Waals surface area contributed by atoms with Crippen LogP contribution < -0.4 is 5.73 Å². The second-order valence-corrected chi connectivity index (χ2v) is 6.55. The second-order valence-electron chi connectivity index (χ2n) is 4.10. The van der Waals surface area contributed by atoms with Gasteiger partial charge in [-0.1, -0.05) is 37.9 Å². The summed E-state index contributed by atoms with van der Waals surface area (Å²) in [5.74, 6) is 2.24. The monoisotopic (exact) mass is 298 g/mol. The van der Waals surface area contributed by atoms with Crippen molar-refractivity contribution < 1.29 is 5.21 Å². The number of amidine groups is 1. The van der Waals surface area contributed by atoms with Crippen LogP contribution in [0.2, 0.25) is 0 Å². The molecule has 19 heavy (non-hydrogen) atoms. The molecule has 0 amide bonds. The smallest absolute Gasteiger partial charge is 0.172 e. The Hall–Kier alpha value is -0.810. The molecule has 0 radical (unpaired) electrons. The average molecular weight is 298 g/mol. The lowest BCUT2D eigenvalue weighted by Gasteiger charge is -2.12. The predicted octanol–water partition coefficient (Wildman–Crippen LogP) is 4.18. The SMILES string of the molecule is CCCCCSc1cccc(SCC)c1/C(N)=N/O. The minimum Gasteiger partial charge on any atom is -0.409 e. The number of oxime groups is 1. The Morgan fingerprint density at radius 1 is 1.21 bits per heavy atom. The van der Waals surface area contributed by atoms with Crippen molar-refractivity contribution >= 4 is 29.4 Å². The molecule has 3 nitrogen and oxygen atoms in total. The zero-order valence-corrected chi connectivity index (χ0v) is 13.2. The average Bonchev–Trinajstić information content (AvgIpc) is 2.43. The van der Waals surface area contributed by atoms with Crippen molar-refractivity contribution in [1.82, 2.24) is 0 Å². The minimum atomic E-state index is 0.203. The van der Waals surface area contributed by atoms with Gasteiger partial charge < -0.3 is 10.9 Å². The number of hydrogen-bond donors (Lipinski definition) is 2. The molecule has 0 aliphatic heterocycles. The first-order valence-electron chi connectivity index (χ1n) is 6.61. The van der Waals surface area contributed by atoms with E-state index in [2.05, 4.69) is 19.0 Å². The Labute approximate surface area is 124 Å². The maximum Gasteiger partial charge on any atom is 0.172 e. The standard InChI is InChI=1S/C14H22N2OS2/c1-3-5-6-10-19-12-9-7-8-11(18-4-2)13(12)14(15)16-17/h7-9,17H,3-6,10H2,1-2H3,(H2,15,16). The number of hydrogen-bond acceptors (Lipinski definition) is 4. The fraction of sp³-hybridized carbons (Fsp3) is 0.500. The number of benzene rings is 1. The zero-order chi connectivity index (χ0) is 14.1.